The highest BCUT2D eigenvalue weighted by atomic mass is 14.9. The van der Waals surface area contributed by atoms with Crippen LogP contribution in [0.15, 0.2) is 84.9 Å². The fourth-order valence-corrected chi connectivity index (χ4v) is 4.82. The van der Waals surface area contributed by atoms with Gasteiger partial charge >= 0.3 is 0 Å². The molecule has 0 aliphatic heterocycles. The van der Waals surface area contributed by atoms with Gasteiger partial charge in [0.25, 0.3) is 0 Å². The first-order valence-corrected chi connectivity index (χ1v) is 12.8. The Morgan fingerprint density at radius 2 is 0.912 bits per heavy atom. The second-order valence-corrected chi connectivity index (χ2v) is 9.58. The summed E-state index contributed by atoms with van der Waals surface area (Å²) in [6, 6.07) is 30.8. The Morgan fingerprint density at radius 3 is 1.26 bits per heavy atom. The molecule has 0 aliphatic carbocycles. The molecule has 0 saturated carbocycles. The SMILES string of the molecule is CCCC(C)c1ccc(Nc2ccc(Nc3ccc(C(C)CCC)cc3)c3ccccc23)cc1. The molecule has 176 valence electrons. The molecule has 2 unspecified atom stereocenters. The number of benzene rings is 4. The van der Waals surface area contributed by atoms with E-state index >= 15 is 0 Å². The van der Waals surface area contributed by atoms with E-state index in [0.717, 1.165) is 22.7 Å². The molecule has 4 rings (SSSR count). The predicted octanol–water partition coefficient (Wildman–Crippen LogP) is 10.1. The maximum Gasteiger partial charge on any atom is 0.0465 e. The standard InChI is InChI=1S/C32H38N2/c1-5-9-23(3)25-13-17-27(18-14-25)33-31-21-22-32(30-12-8-7-11-29(30)31)34-28-19-15-26(16-20-28)24(4)10-6-2/h7-8,11-24,33-34H,5-6,9-10H2,1-4H3. The summed E-state index contributed by atoms with van der Waals surface area (Å²) in [6.07, 6.45) is 4.89. The highest BCUT2D eigenvalue weighted by Gasteiger charge is 2.09. The fraction of sp³-hybridized carbons (Fsp3) is 0.312. The summed E-state index contributed by atoms with van der Waals surface area (Å²) in [4.78, 5) is 0. The van der Waals surface area contributed by atoms with Gasteiger partial charge in [-0.25, -0.2) is 0 Å². The summed E-state index contributed by atoms with van der Waals surface area (Å²) in [6.45, 7) is 9.12. The molecular formula is C32H38N2. The normalized spacial score (nSPS) is 12.9. The second kappa shape index (κ2) is 11.2. The molecule has 0 bridgehead atoms. The average Bonchev–Trinajstić information content (AvgIpc) is 2.86. The smallest absolute Gasteiger partial charge is 0.0465 e. The molecule has 0 heterocycles. The van der Waals surface area contributed by atoms with Gasteiger partial charge in [-0.1, -0.05) is 89.1 Å². The van der Waals surface area contributed by atoms with Crippen molar-refractivity contribution < 1.29 is 0 Å². The van der Waals surface area contributed by atoms with Crippen molar-refractivity contribution in [3.63, 3.8) is 0 Å². The Hall–Kier alpha value is -3.26. The number of hydrogen-bond donors (Lipinski definition) is 2. The number of nitrogens with one attached hydrogen (secondary N) is 2. The maximum atomic E-state index is 3.64. The fourth-order valence-electron chi connectivity index (χ4n) is 4.82. The van der Waals surface area contributed by atoms with E-state index in [1.54, 1.807) is 0 Å². The minimum atomic E-state index is 0.606. The summed E-state index contributed by atoms with van der Waals surface area (Å²) >= 11 is 0. The molecule has 4 aromatic rings. The zero-order valence-electron chi connectivity index (χ0n) is 21.1. The predicted molar refractivity (Wildman–Crippen MR) is 150 cm³/mol. The third-order valence-electron chi connectivity index (χ3n) is 6.88. The topological polar surface area (TPSA) is 24.1 Å². The van der Waals surface area contributed by atoms with Crippen molar-refractivity contribution in [1.29, 1.82) is 0 Å². The van der Waals surface area contributed by atoms with Gasteiger partial charge < -0.3 is 10.6 Å². The van der Waals surface area contributed by atoms with E-state index in [2.05, 4.69) is 123 Å². The molecule has 0 aliphatic rings. The maximum absolute atomic E-state index is 3.64. The lowest BCUT2D eigenvalue weighted by molar-refractivity contribution is 0.665. The molecule has 4 aromatic carbocycles. The number of anilines is 4. The van der Waals surface area contributed by atoms with Crippen LogP contribution in [0.1, 0.15) is 76.3 Å². The van der Waals surface area contributed by atoms with Gasteiger partial charge in [-0.05, 0) is 72.2 Å². The van der Waals surface area contributed by atoms with Crippen LogP contribution in [-0.2, 0) is 0 Å². The number of hydrogen-bond acceptors (Lipinski definition) is 2. The van der Waals surface area contributed by atoms with Crippen molar-refractivity contribution in [3.05, 3.63) is 96.1 Å². The molecule has 2 heteroatoms. The van der Waals surface area contributed by atoms with Crippen molar-refractivity contribution in [2.24, 2.45) is 0 Å². The molecule has 0 aromatic heterocycles. The van der Waals surface area contributed by atoms with Crippen molar-refractivity contribution in [2.75, 3.05) is 10.6 Å². The van der Waals surface area contributed by atoms with E-state index in [1.807, 2.05) is 0 Å². The lowest BCUT2D eigenvalue weighted by Crippen LogP contribution is -1.97. The molecule has 34 heavy (non-hydrogen) atoms. The van der Waals surface area contributed by atoms with Gasteiger partial charge in [0, 0.05) is 33.5 Å². The van der Waals surface area contributed by atoms with E-state index in [4.69, 9.17) is 0 Å². The van der Waals surface area contributed by atoms with Crippen LogP contribution in [-0.4, -0.2) is 0 Å². The Balaban J connectivity index is 1.54. The Morgan fingerprint density at radius 1 is 0.529 bits per heavy atom. The largest absolute Gasteiger partial charge is 0.355 e. The van der Waals surface area contributed by atoms with Crippen molar-refractivity contribution in [2.45, 2.75) is 65.2 Å². The molecule has 0 fully saturated rings. The minimum absolute atomic E-state index is 0.606. The van der Waals surface area contributed by atoms with Gasteiger partial charge in [0.1, 0.15) is 0 Å². The Labute approximate surface area is 205 Å². The summed E-state index contributed by atoms with van der Waals surface area (Å²) in [5.41, 5.74) is 7.31. The van der Waals surface area contributed by atoms with Crippen LogP contribution in [0.3, 0.4) is 0 Å². The third-order valence-corrected chi connectivity index (χ3v) is 6.88. The van der Waals surface area contributed by atoms with Crippen LogP contribution in [0, 0.1) is 0 Å². The van der Waals surface area contributed by atoms with Crippen LogP contribution in [0.25, 0.3) is 10.8 Å². The quantitative estimate of drug-likeness (QED) is 0.251. The monoisotopic (exact) mass is 450 g/mol. The van der Waals surface area contributed by atoms with Crippen LogP contribution in [0.4, 0.5) is 22.7 Å². The van der Waals surface area contributed by atoms with Crippen LogP contribution in [0.5, 0.6) is 0 Å². The first-order valence-electron chi connectivity index (χ1n) is 12.8. The van der Waals surface area contributed by atoms with Gasteiger partial charge in [0.2, 0.25) is 0 Å². The van der Waals surface area contributed by atoms with Gasteiger partial charge in [-0.15, -0.1) is 0 Å². The van der Waals surface area contributed by atoms with Gasteiger partial charge in [-0.3, -0.25) is 0 Å². The zero-order valence-corrected chi connectivity index (χ0v) is 21.1. The van der Waals surface area contributed by atoms with E-state index < -0.39 is 0 Å². The summed E-state index contributed by atoms with van der Waals surface area (Å²) in [5.74, 6) is 1.21. The summed E-state index contributed by atoms with van der Waals surface area (Å²) < 4.78 is 0. The highest BCUT2D eigenvalue weighted by molar-refractivity contribution is 6.03. The van der Waals surface area contributed by atoms with Crippen molar-refractivity contribution in [3.8, 4) is 0 Å². The number of rotatable bonds is 10. The first kappa shape index (κ1) is 23.9. The van der Waals surface area contributed by atoms with Gasteiger partial charge in [-0.2, -0.15) is 0 Å². The lowest BCUT2D eigenvalue weighted by Gasteiger charge is -2.16. The molecular weight excluding hydrogens is 412 g/mol. The number of fused-ring (bicyclic) bond motifs is 1. The molecule has 0 saturated heterocycles. The average molecular weight is 451 g/mol. The molecule has 2 nitrogen and oxygen atoms in total. The van der Waals surface area contributed by atoms with E-state index in [9.17, 15) is 0 Å². The van der Waals surface area contributed by atoms with Crippen LogP contribution in [0.2, 0.25) is 0 Å². The van der Waals surface area contributed by atoms with E-state index in [-0.39, 0.29) is 0 Å². The summed E-state index contributed by atoms with van der Waals surface area (Å²) in [7, 11) is 0. The molecule has 0 radical (unpaired) electrons. The molecule has 2 atom stereocenters. The van der Waals surface area contributed by atoms with Crippen LogP contribution >= 0.6 is 0 Å². The van der Waals surface area contributed by atoms with Crippen molar-refractivity contribution >= 4 is 33.5 Å². The molecule has 0 spiro atoms. The van der Waals surface area contributed by atoms with Crippen molar-refractivity contribution in [1.82, 2.24) is 0 Å². The molecule has 2 N–H and O–H groups in total. The highest BCUT2D eigenvalue weighted by Crippen LogP contribution is 2.34. The molecule has 0 amide bonds. The first-order chi connectivity index (χ1) is 16.6. The Bertz CT molecular complexity index is 1100. The van der Waals surface area contributed by atoms with Gasteiger partial charge in [0.05, 0.1) is 0 Å². The minimum Gasteiger partial charge on any atom is -0.355 e. The second-order valence-electron chi connectivity index (χ2n) is 9.58. The Kier molecular flexibility index (Phi) is 7.90. The van der Waals surface area contributed by atoms with Crippen LogP contribution < -0.4 is 10.6 Å². The van der Waals surface area contributed by atoms with Gasteiger partial charge in [0.15, 0.2) is 0 Å². The van der Waals surface area contributed by atoms with E-state index in [0.29, 0.717) is 11.8 Å². The lowest BCUT2D eigenvalue weighted by atomic mass is 9.96. The van der Waals surface area contributed by atoms with E-state index in [1.165, 1.54) is 47.6 Å². The zero-order chi connectivity index (χ0) is 23.9. The third kappa shape index (κ3) is 5.62. The summed E-state index contributed by atoms with van der Waals surface area (Å²) in [5, 5.41) is 9.70.